The van der Waals surface area contributed by atoms with Crippen LogP contribution in [0.3, 0.4) is 0 Å². The molecule has 0 saturated carbocycles. The fourth-order valence-corrected chi connectivity index (χ4v) is 4.31. The first kappa shape index (κ1) is 20.0. The molecule has 0 aliphatic rings. The van der Waals surface area contributed by atoms with Crippen LogP contribution in [-0.4, -0.2) is 25.9 Å². The zero-order valence-corrected chi connectivity index (χ0v) is 17.9. The molecule has 2 aromatic carbocycles. The van der Waals surface area contributed by atoms with Crippen LogP contribution < -0.4 is 16.0 Å². The van der Waals surface area contributed by atoms with Gasteiger partial charge in [0.15, 0.2) is 0 Å². The van der Waals surface area contributed by atoms with Gasteiger partial charge in [-0.25, -0.2) is 9.36 Å². The van der Waals surface area contributed by atoms with Gasteiger partial charge < -0.3 is 9.26 Å². The lowest BCUT2D eigenvalue weighted by molar-refractivity contribution is 0.340. The first-order valence-corrected chi connectivity index (χ1v) is 10.9. The molecule has 32 heavy (non-hydrogen) atoms. The van der Waals surface area contributed by atoms with Crippen molar-refractivity contribution in [1.82, 2.24) is 19.3 Å². The van der Waals surface area contributed by atoms with Crippen LogP contribution in [0, 0.1) is 0 Å². The largest absolute Gasteiger partial charge is 0.494 e. The van der Waals surface area contributed by atoms with Crippen molar-refractivity contribution < 1.29 is 9.26 Å². The van der Waals surface area contributed by atoms with Crippen molar-refractivity contribution >= 4 is 21.6 Å². The van der Waals surface area contributed by atoms with E-state index in [2.05, 4.69) is 10.1 Å². The molecule has 0 spiro atoms. The highest BCUT2D eigenvalue weighted by Crippen LogP contribution is 2.20. The summed E-state index contributed by atoms with van der Waals surface area (Å²) in [5.41, 5.74) is 0.963. The summed E-state index contributed by atoms with van der Waals surface area (Å²) in [6.07, 6.45) is 0. The number of thiophene rings is 1. The second-order valence-electron chi connectivity index (χ2n) is 6.95. The number of fused-ring (bicyclic) bond motifs is 1. The molecule has 0 radical (unpaired) electrons. The number of hydrogen-bond donors (Lipinski definition) is 0. The lowest BCUT2D eigenvalue weighted by Gasteiger charge is -2.11. The average molecular weight is 446 g/mol. The number of hydrogen-bond acceptors (Lipinski definition) is 7. The second kappa shape index (κ2) is 8.27. The van der Waals surface area contributed by atoms with E-state index in [1.807, 2.05) is 37.3 Å². The van der Waals surface area contributed by atoms with E-state index < -0.39 is 5.69 Å². The Morgan fingerprint density at radius 1 is 1.03 bits per heavy atom. The van der Waals surface area contributed by atoms with Gasteiger partial charge in [0.1, 0.15) is 17.0 Å². The molecule has 0 aliphatic heterocycles. The Balaban J connectivity index is 1.60. The Bertz CT molecular complexity index is 1500. The maximum absolute atomic E-state index is 13.4. The molecule has 0 bridgehead atoms. The quantitative estimate of drug-likeness (QED) is 0.395. The molecular formula is C23H18N4O4S. The number of ether oxygens (including phenoxy) is 1. The van der Waals surface area contributed by atoms with Crippen LogP contribution in [0.5, 0.6) is 5.75 Å². The van der Waals surface area contributed by atoms with Crippen LogP contribution in [-0.2, 0) is 6.54 Å². The van der Waals surface area contributed by atoms with E-state index in [0.29, 0.717) is 34.1 Å². The van der Waals surface area contributed by atoms with Crippen molar-refractivity contribution in [1.29, 1.82) is 0 Å². The maximum atomic E-state index is 13.4. The normalized spacial score (nSPS) is 11.2. The average Bonchev–Trinajstić information content (AvgIpc) is 3.49. The van der Waals surface area contributed by atoms with Gasteiger partial charge in [0.05, 0.1) is 17.8 Å². The van der Waals surface area contributed by atoms with Crippen LogP contribution in [0.2, 0.25) is 0 Å². The Morgan fingerprint density at radius 2 is 1.81 bits per heavy atom. The Morgan fingerprint density at radius 3 is 2.56 bits per heavy atom. The Hall–Kier alpha value is -3.98. The number of benzene rings is 2. The minimum atomic E-state index is -0.482. The Kier molecular flexibility index (Phi) is 5.16. The fraction of sp³-hybridized carbons (Fsp3) is 0.130. The van der Waals surface area contributed by atoms with E-state index >= 15 is 0 Å². The lowest BCUT2D eigenvalue weighted by atomic mass is 10.2. The summed E-state index contributed by atoms with van der Waals surface area (Å²) in [6, 6.07) is 18.0. The molecule has 5 rings (SSSR count). The molecular weight excluding hydrogens is 428 g/mol. The van der Waals surface area contributed by atoms with Gasteiger partial charge >= 0.3 is 5.69 Å². The first-order valence-electron chi connectivity index (χ1n) is 10.00. The van der Waals surface area contributed by atoms with E-state index in [9.17, 15) is 9.59 Å². The van der Waals surface area contributed by atoms with Crippen LogP contribution in [0.15, 0.2) is 80.2 Å². The summed E-state index contributed by atoms with van der Waals surface area (Å²) < 4.78 is 14.0. The van der Waals surface area contributed by atoms with Gasteiger partial charge in [-0.2, -0.15) is 4.98 Å². The molecule has 5 aromatic rings. The fourth-order valence-electron chi connectivity index (χ4n) is 3.48. The topological polar surface area (TPSA) is 92.2 Å². The maximum Gasteiger partial charge on any atom is 0.336 e. The summed E-state index contributed by atoms with van der Waals surface area (Å²) in [4.78, 5) is 30.9. The molecule has 9 heteroatoms. The molecule has 3 heterocycles. The standard InChI is InChI=1S/C23H18N4O4S/c1-2-30-17-10-8-16(9-11-17)27-22(28)20-18(12-13-32-20)26(23(27)29)14-19-24-21(25-31-19)15-6-4-3-5-7-15/h3-13H,2,14H2,1H3. The second-order valence-corrected chi connectivity index (χ2v) is 7.87. The summed E-state index contributed by atoms with van der Waals surface area (Å²) in [7, 11) is 0. The van der Waals surface area contributed by atoms with Gasteiger partial charge in [-0.05, 0) is 42.6 Å². The van der Waals surface area contributed by atoms with Crippen molar-refractivity contribution in [3.63, 3.8) is 0 Å². The molecule has 8 nitrogen and oxygen atoms in total. The molecule has 0 unspecified atom stereocenters. The van der Waals surface area contributed by atoms with Gasteiger partial charge in [0.25, 0.3) is 5.56 Å². The van der Waals surface area contributed by atoms with E-state index in [0.717, 1.165) is 10.1 Å². The lowest BCUT2D eigenvalue weighted by Crippen LogP contribution is -2.38. The van der Waals surface area contributed by atoms with Crippen LogP contribution in [0.1, 0.15) is 12.8 Å². The third-order valence-corrected chi connectivity index (χ3v) is 5.85. The Labute approximate surface area is 186 Å². The summed E-state index contributed by atoms with van der Waals surface area (Å²) in [5, 5.41) is 5.81. The van der Waals surface area contributed by atoms with Gasteiger partial charge in [-0.1, -0.05) is 35.5 Å². The number of nitrogens with zero attached hydrogens (tertiary/aromatic N) is 4. The molecule has 0 aliphatic carbocycles. The molecule has 0 atom stereocenters. The van der Waals surface area contributed by atoms with Crippen molar-refractivity contribution in [3.8, 4) is 22.8 Å². The monoisotopic (exact) mass is 446 g/mol. The SMILES string of the molecule is CCOc1ccc(-n2c(=O)c3sccc3n(Cc3nc(-c4ccccc4)no3)c2=O)cc1. The van der Waals surface area contributed by atoms with Gasteiger partial charge in [0, 0.05) is 5.56 Å². The van der Waals surface area contributed by atoms with Crippen molar-refractivity contribution in [2.24, 2.45) is 0 Å². The predicted molar refractivity (Wildman–Crippen MR) is 122 cm³/mol. The number of rotatable bonds is 6. The van der Waals surface area contributed by atoms with E-state index in [-0.39, 0.29) is 18.0 Å². The van der Waals surface area contributed by atoms with Crippen molar-refractivity contribution in [2.75, 3.05) is 6.61 Å². The summed E-state index contributed by atoms with van der Waals surface area (Å²) in [6.45, 7) is 2.47. The molecule has 160 valence electrons. The zero-order valence-electron chi connectivity index (χ0n) is 17.1. The zero-order chi connectivity index (χ0) is 22.1. The first-order chi connectivity index (χ1) is 15.7. The third kappa shape index (κ3) is 3.52. The van der Waals surface area contributed by atoms with Gasteiger partial charge in [0.2, 0.25) is 11.7 Å². The molecule has 3 aromatic heterocycles. The number of aromatic nitrogens is 4. The predicted octanol–water partition coefficient (Wildman–Crippen LogP) is 3.71. The van der Waals surface area contributed by atoms with Crippen molar-refractivity contribution in [2.45, 2.75) is 13.5 Å². The smallest absolute Gasteiger partial charge is 0.336 e. The van der Waals surface area contributed by atoms with E-state index in [1.165, 1.54) is 15.9 Å². The molecule has 0 N–H and O–H groups in total. The highest BCUT2D eigenvalue weighted by molar-refractivity contribution is 7.17. The van der Waals surface area contributed by atoms with Crippen molar-refractivity contribution in [3.05, 3.63) is 92.8 Å². The van der Waals surface area contributed by atoms with E-state index in [4.69, 9.17) is 9.26 Å². The van der Waals surface area contributed by atoms with Crippen LogP contribution in [0.4, 0.5) is 0 Å². The highest BCUT2D eigenvalue weighted by Gasteiger charge is 2.18. The van der Waals surface area contributed by atoms with Gasteiger partial charge in [-0.3, -0.25) is 9.36 Å². The minimum absolute atomic E-state index is 0.0449. The molecule has 0 amide bonds. The molecule has 0 fully saturated rings. The summed E-state index contributed by atoms with van der Waals surface area (Å²) >= 11 is 1.29. The van der Waals surface area contributed by atoms with E-state index in [1.54, 1.807) is 35.7 Å². The minimum Gasteiger partial charge on any atom is -0.494 e. The highest BCUT2D eigenvalue weighted by atomic mass is 32.1. The van der Waals surface area contributed by atoms with Crippen LogP contribution >= 0.6 is 11.3 Å². The van der Waals surface area contributed by atoms with Crippen LogP contribution in [0.25, 0.3) is 27.3 Å². The van der Waals surface area contributed by atoms with Gasteiger partial charge in [-0.15, -0.1) is 11.3 Å². The third-order valence-electron chi connectivity index (χ3n) is 4.95. The summed E-state index contributed by atoms with van der Waals surface area (Å²) in [5.74, 6) is 1.38. The molecule has 0 saturated heterocycles.